The molecular weight excluding hydrogens is 332 g/mol. The third kappa shape index (κ3) is 4.28. The van der Waals surface area contributed by atoms with Crippen LogP contribution in [0.15, 0.2) is 24.3 Å². The summed E-state index contributed by atoms with van der Waals surface area (Å²) >= 11 is 0. The van der Waals surface area contributed by atoms with Crippen molar-refractivity contribution in [2.45, 2.75) is 32.9 Å². The molecule has 140 valence electrons. The van der Waals surface area contributed by atoms with E-state index < -0.39 is 12.0 Å². The van der Waals surface area contributed by atoms with Crippen molar-refractivity contribution in [1.29, 1.82) is 0 Å². The Morgan fingerprint density at radius 1 is 1.31 bits per heavy atom. The molecule has 0 aliphatic carbocycles. The number of rotatable bonds is 7. The molecule has 1 aliphatic rings. The van der Waals surface area contributed by atoms with Crippen LogP contribution in [0.4, 0.5) is 5.82 Å². The van der Waals surface area contributed by atoms with Gasteiger partial charge in [0, 0.05) is 18.5 Å². The first kappa shape index (κ1) is 18.5. The van der Waals surface area contributed by atoms with Crippen LogP contribution in [0.2, 0.25) is 0 Å². The highest BCUT2D eigenvalue weighted by atomic mass is 16.5. The Morgan fingerprint density at radius 3 is 2.73 bits per heavy atom. The number of aromatic nitrogens is 2. The van der Waals surface area contributed by atoms with Crippen molar-refractivity contribution in [2.24, 2.45) is 5.92 Å². The van der Waals surface area contributed by atoms with Crippen molar-refractivity contribution in [3.8, 4) is 0 Å². The molecule has 26 heavy (non-hydrogen) atoms. The van der Waals surface area contributed by atoms with Gasteiger partial charge in [-0.2, -0.15) is 0 Å². The Hall–Kier alpha value is -2.25. The van der Waals surface area contributed by atoms with Gasteiger partial charge in [-0.05, 0) is 18.1 Å². The number of ether oxygens (including phenoxy) is 1. The van der Waals surface area contributed by atoms with Gasteiger partial charge in [-0.15, -0.1) is 0 Å². The summed E-state index contributed by atoms with van der Waals surface area (Å²) in [5.74, 6) is 0.411. The SMILES string of the molecule is CCC(C)C(Nc1nc(CN2CCOCC2)nc2ccccc12)C(=O)O. The first-order valence-electron chi connectivity index (χ1n) is 9.13. The van der Waals surface area contributed by atoms with Crippen LogP contribution in [0, 0.1) is 5.92 Å². The fraction of sp³-hybridized carbons (Fsp3) is 0.526. The van der Waals surface area contributed by atoms with Crippen molar-refractivity contribution in [2.75, 3.05) is 31.6 Å². The number of carboxylic acid groups (broad SMARTS) is 1. The number of carbonyl (C=O) groups is 1. The lowest BCUT2D eigenvalue weighted by atomic mass is 9.99. The number of nitrogens with one attached hydrogen (secondary N) is 1. The number of aliphatic carboxylic acids is 1. The van der Waals surface area contributed by atoms with Gasteiger partial charge in [0.25, 0.3) is 0 Å². The molecule has 7 nitrogen and oxygen atoms in total. The molecule has 1 aromatic heterocycles. The topological polar surface area (TPSA) is 87.6 Å². The summed E-state index contributed by atoms with van der Waals surface area (Å²) in [5.41, 5.74) is 0.821. The summed E-state index contributed by atoms with van der Waals surface area (Å²) in [6.07, 6.45) is 0.771. The van der Waals surface area contributed by atoms with E-state index in [1.54, 1.807) is 0 Å². The molecule has 7 heteroatoms. The lowest BCUT2D eigenvalue weighted by molar-refractivity contribution is -0.139. The van der Waals surface area contributed by atoms with Gasteiger partial charge < -0.3 is 15.2 Å². The van der Waals surface area contributed by atoms with Gasteiger partial charge in [0.1, 0.15) is 17.7 Å². The van der Waals surface area contributed by atoms with Crippen molar-refractivity contribution in [3.63, 3.8) is 0 Å². The molecule has 2 unspecified atom stereocenters. The summed E-state index contributed by atoms with van der Waals surface area (Å²) in [6, 6.07) is 7.02. The van der Waals surface area contributed by atoms with Crippen molar-refractivity contribution < 1.29 is 14.6 Å². The van der Waals surface area contributed by atoms with Crippen molar-refractivity contribution in [1.82, 2.24) is 14.9 Å². The molecule has 0 radical (unpaired) electrons. The van der Waals surface area contributed by atoms with Crippen molar-refractivity contribution in [3.05, 3.63) is 30.1 Å². The highest BCUT2D eigenvalue weighted by Crippen LogP contribution is 2.23. The third-order valence-electron chi connectivity index (χ3n) is 4.89. The Kier molecular flexibility index (Phi) is 6.00. The second-order valence-corrected chi connectivity index (χ2v) is 6.74. The standard InChI is InChI=1S/C19H26N4O3/c1-3-13(2)17(19(24)25)22-18-14-6-4-5-7-15(14)20-16(21-18)12-23-8-10-26-11-9-23/h4-7,13,17H,3,8-12H2,1-2H3,(H,24,25)(H,20,21,22). The summed E-state index contributed by atoms with van der Waals surface area (Å²) < 4.78 is 5.39. The Morgan fingerprint density at radius 2 is 2.04 bits per heavy atom. The quantitative estimate of drug-likeness (QED) is 0.785. The van der Waals surface area contributed by atoms with Gasteiger partial charge in [0.2, 0.25) is 0 Å². The molecule has 1 aliphatic heterocycles. The number of carboxylic acids is 1. The van der Waals surface area contributed by atoms with Crippen LogP contribution in [-0.4, -0.2) is 58.3 Å². The molecule has 2 N–H and O–H groups in total. The van der Waals surface area contributed by atoms with E-state index >= 15 is 0 Å². The van der Waals surface area contributed by atoms with E-state index in [1.165, 1.54) is 0 Å². The third-order valence-corrected chi connectivity index (χ3v) is 4.89. The highest BCUT2D eigenvalue weighted by molar-refractivity contribution is 5.91. The van der Waals surface area contributed by atoms with E-state index in [-0.39, 0.29) is 5.92 Å². The number of benzene rings is 1. The van der Waals surface area contributed by atoms with Crippen LogP contribution in [0.3, 0.4) is 0 Å². The van der Waals surface area contributed by atoms with Crippen LogP contribution >= 0.6 is 0 Å². The average Bonchev–Trinajstić information content (AvgIpc) is 2.66. The van der Waals surface area contributed by atoms with Gasteiger partial charge in [-0.3, -0.25) is 4.90 Å². The fourth-order valence-electron chi connectivity index (χ4n) is 3.10. The summed E-state index contributed by atoms with van der Waals surface area (Å²) in [4.78, 5) is 23.3. The maximum atomic E-state index is 11.7. The molecule has 3 rings (SSSR count). The molecule has 2 aromatic rings. The number of fused-ring (bicyclic) bond motifs is 1. The maximum absolute atomic E-state index is 11.7. The molecule has 1 saturated heterocycles. The number of nitrogens with zero attached hydrogens (tertiary/aromatic N) is 3. The molecule has 1 aromatic carbocycles. The van der Waals surface area contributed by atoms with E-state index in [4.69, 9.17) is 4.74 Å². The molecule has 2 heterocycles. The zero-order valence-corrected chi connectivity index (χ0v) is 15.3. The lowest BCUT2D eigenvalue weighted by Gasteiger charge is -2.26. The number of hydrogen-bond acceptors (Lipinski definition) is 6. The van der Waals surface area contributed by atoms with Crippen molar-refractivity contribution >= 4 is 22.7 Å². The van der Waals surface area contributed by atoms with E-state index in [2.05, 4.69) is 20.2 Å². The first-order chi connectivity index (χ1) is 12.6. The molecule has 0 amide bonds. The summed E-state index contributed by atoms with van der Waals surface area (Å²) in [5, 5.41) is 13.6. The Balaban J connectivity index is 1.92. The van der Waals surface area contributed by atoms with Gasteiger partial charge in [-0.25, -0.2) is 14.8 Å². The lowest BCUT2D eigenvalue weighted by Crippen LogP contribution is -2.37. The van der Waals surface area contributed by atoms with Gasteiger partial charge in [-0.1, -0.05) is 32.4 Å². The predicted molar refractivity (Wildman–Crippen MR) is 100 cm³/mol. The monoisotopic (exact) mass is 358 g/mol. The van der Waals surface area contributed by atoms with Gasteiger partial charge in [0.05, 0.1) is 25.3 Å². The van der Waals surface area contributed by atoms with E-state index in [9.17, 15) is 9.90 Å². The number of hydrogen-bond donors (Lipinski definition) is 2. The van der Waals surface area contributed by atoms with Gasteiger partial charge in [0.15, 0.2) is 0 Å². The molecule has 0 spiro atoms. The number of anilines is 1. The summed E-state index contributed by atoms with van der Waals surface area (Å²) in [6.45, 7) is 7.69. The van der Waals surface area contributed by atoms with Crippen LogP contribution in [0.1, 0.15) is 26.1 Å². The fourth-order valence-corrected chi connectivity index (χ4v) is 3.10. The largest absolute Gasteiger partial charge is 0.480 e. The number of para-hydroxylation sites is 1. The van der Waals surface area contributed by atoms with Gasteiger partial charge >= 0.3 is 5.97 Å². The first-order valence-corrected chi connectivity index (χ1v) is 9.13. The zero-order chi connectivity index (χ0) is 18.5. The van der Waals surface area contributed by atoms with E-state index in [0.29, 0.717) is 31.4 Å². The smallest absolute Gasteiger partial charge is 0.326 e. The molecule has 1 fully saturated rings. The van der Waals surface area contributed by atoms with Crippen LogP contribution < -0.4 is 5.32 Å². The average molecular weight is 358 g/mol. The van der Waals surface area contributed by atoms with Crippen LogP contribution in [0.5, 0.6) is 0 Å². The summed E-state index contributed by atoms with van der Waals surface area (Å²) in [7, 11) is 0. The maximum Gasteiger partial charge on any atom is 0.326 e. The second kappa shape index (κ2) is 8.42. The second-order valence-electron chi connectivity index (χ2n) is 6.74. The Bertz CT molecular complexity index is 762. The highest BCUT2D eigenvalue weighted by Gasteiger charge is 2.25. The molecular formula is C19H26N4O3. The zero-order valence-electron chi connectivity index (χ0n) is 15.3. The number of morpholine rings is 1. The van der Waals surface area contributed by atoms with Crippen LogP contribution in [-0.2, 0) is 16.1 Å². The Labute approximate surface area is 153 Å². The molecule has 2 atom stereocenters. The van der Waals surface area contributed by atoms with E-state index in [0.717, 1.165) is 30.4 Å². The van der Waals surface area contributed by atoms with Crippen LogP contribution in [0.25, 0.3) is 10.9 Å². The predicted octanol–water partition coefficient (Wildman–Crippen LogP) is 2.37. The minimum atomic E-state index is -0.864. The molecule has 0 saturated carbocycles. The normalized spacial score (nSPS) is 17.8. The molecule has 0 bridgehead atoms. The van der Waals surface area contributed by atoms with E-state index in [1.807, 2.05) is 38.1 Å². The minimum Gasteiger partial charge on any atom is -0.480 e. The minimum absolute atomic E-state index is 0.0103.